The van der Waals surface area contributed by atoms with Gasteiger partial charge in [0.1, 0.15) is 0 Å². The Morgan fingerprint density at radius 2 is 1.92 bits per heavy atom. The third-order valence-electron chi connectivity index (χ3n) is 4.26. The third-order valence-corrected chi connectivity index (χ3v) is 4.26. The highest BCUT2D eigenvalue weighted by molar-refractivity contribution is 5.93. The molecule has 0 unspecified atom stereocenters. The molecule has 0 bridgehead atoms. The summed E-state index contributed by atoms with van der Waals surface area (Å²) >= 11 is 0. The zero-order valence-corrected chi connectivity index (χ0v) is 13.4. The van der Waals surface area contributed by atoms with Gasteiger partial charge < -0.3 is 24.5 Å². The van der Waals surface area contributed by atoms with Crippen LogP contribution in [-0.4, -0.2) is 57.9 Å². The average Bonchev–Trinajstić information content (AvgIpc) is 3.32. The van der Waals surface area contributed by atoms with E-state index in [2.05, 4.69) is 15.3 Å². The molecule has 128 valence electrons. The molecule has 1 aliphatic heterocycles. The summed E-state index contributed by atoms with van der Waals surface area (Å²) in [5.41, 5.74) is 2.42. The number of aromatic nitrogens is 2. The lowest BCUT2D eigenvalue weighted by Gasteiger charge is -2.34. The predicted octanol–water partition coefficient (Wildman–Crippen LogP) is 2.15. The van der Waals surface area contributed by atoms with Gasteiger partial charge in [0.25, 0.3) is 5.91 Å². The smallest absolute Gasteiger partial charge is 0.321 e. The number of carbonyl (C=O) groups is 2. The van der Waals surface area contributed by atoms with Gasteiger partial charge in [-0.05, 0) is 30.3 Å². The molecule has 0 saturated carbocycles. The first kappa shape index (κ1) is 15.3. The quantitative estimate of drug-likeness (QED) is 0.748. The zero-order valence-electron chi connectivity index (χ0n) is 13.4. The number of carbonyl (C=O) groups excluding carboxylic acids is 2. The Kier molecular flexibility index (Phi) is 3.85. The topological polar surface area (TPSA) is 94.5 Å². The Morgan fingerprint density at radius 1 is 1.12 bits per heavy atom. The summed E-state index contributed by atoms with van der Waals surface area (Å²) in [5, 5.41) is 2.88. The molecule has 0 spiro atoms. The number of H-pyrrole nitrogens is 1. The van der Waals surface area contributed by atoms with Crippen LogP contribution in [0.2, 0.25) is 0 Å². The summed E-state index contributed by atoms with van der Waals surface area (Å²) in [6, 6.07) is 8.67. The number of hydrogen-bond acceptors (Lipinski definition) is 4. The fraction of sp³-hybridized carbons (Fsp3) is 0.235. The third kappa shape index (κ3) is 3.06. The van der Waals surface area contributed by atoms with E-state index >= 15 is 0 Å². The minimum absolute atomic E-state index is 0.144. The van der Waals surface area contributed by atoms with Gasteiger partial charge in [0.2, 0.25) is 0 Å². The van der Waals surface area contributed by atoms with Crippen molar-refractivity contribution >= 4 is 28.7 Å². The number of fused-ring (bicyclic) bond motifs is 1. The largest absolute Gasteiger partial charge is 0.459 e. The van der Waals surface area contributed by atoms with Crippen LogP contribution in [0.25, 0.3) is 11.0 Å². The second kappa shape index (κ2) is 6.31. The van der Waals surface area contributed by atoms with Crippen molar-refractivity contribution in [1.29, 1.82) is 0 Å². The van der Waals surface area contributed by atoms with E-state index in [1.165, 1.54) is 6.26 Å². The maximum atomic E-state index is 12.4. The second-order valence-corrected chi connectivity index (χ2v) is 5.82. The molecule has 0 aliphatic carbocycles. The number of amides is 3. The van der Waals surface area contributed by atoms with Crippen molar-refractivity contribution in [3.8, 4) is 0 Å². The maximum absolute atomic E-state index is 12.4. The molecule has 1 aliphatic rings. The van der Waals surface area contributed by atoms with Gasteiger partial charge in [0.15, 0.2) is 5.76 Å². The number of imidazole rings is 1. The molecule has 3 amide bonds. The summed E-state index contributed by atoms with van der Waals surface area (Å²) in [6.45, 7) is 1.91. The fourth-order valence-corrected chi connectivity index (χ4v) is 2.88. The highest BCUT2D eigenvalue weighted by atomic mass is 16.3. The summed E-state index contributed by atoms with van der Waals surface area (Å²) in [7, 11) is 0. The molecular formula is C17H17N5O3. The van der Waals surface area contributed by atoms with E-state index in [0.29, 0.717) is 37.6 Å². The van der Waals surface area contributed by atoms with Gasteiger partial charge in [-0.3, -0.25) is 4.79 Å². The van der Waals surface area contributed by atoms with Gasteiger partial charge in [-0.15, -0.1) is 0 Å². The molecule has 3 heterocycles. The molecule has 0 radical (unpaired) electrons. The molecule has 4 rings (SSSR count). The number of urea groups is 1. The highest BCUT2D eigenvalue weighted by Gasteiger charge is 2.26. The molecule has 3 aromatic rings. The molecule has 1 saturated heterocycles. The first-order chi connectivity index (χ1) is 12.2. The van der Waals surface area contributed by atoms with Crippen molar-refractivity contribution in [2.75, 3.05) is 31.5 Å². The van der Waals surface area contributed by atoms with Gasteiger partial charge in [-0.1, -0.05) is 0 Å². The normalized spacial score (nSPS) is 14.7. The lowest BCUT2D eigenvalue weighted by molar-refractivity contribution is 0.0640. The summed E-state index contributed by atoms with van der Waals surface area (Å²) in [4.78, 5) is 35.2. The number of furan rings is 1. The van der Waals surface area contributed by atoms with Crippen LogP contribution in [0.3, 0.4) is 0 Å². The van der Waals surface area contributed by atoms with E-state index < -0.39 is 0 Å². The lowest BCUT2D eigenvalue weighted by atomic mass is 10.2. The Morgan fingerprint density at radius 3 is 2.68 bits per heavy atom. The van der Waals surface area contributed by atoms with Crippen LogP contribution >= 0.6 is 0 Å². The molecule has 0 atom stereocenters. The van der Waals surface area contributed by atoms with Crippen LogP contribution in [-0.2, 0) is 0 Å². The maximum Gasteiger partial charge on any atom is 0.321 e. The number of rotatable bonds is 2. The van der Waals surface area contributed by atoms with Gasteiger partial charge >= 0.3 is 6.03 Å². The number of anilines is 1. The number of nitrogens with one attached hydrogen (secondary N) is 2. The average molecular weight is 339 g/mol. The number of piperazine rings is 1. The summed E-state index contributed by atoms with van der Waals surface area (Å²) < 4.78 is 5.14. The molecule has 1 fully saturated rings. The SMILES string of the molecule is O=C(Nc1ccc2nc[nH]c2c1)N1CCN(C(=O)c2ccco2)CC1. The number of hydrogen-bond donors (Lipinski definition) is 2. The van der Waals surface area contributed by atoms with Crippen molar-refractivity contribution in [1.82, 2.24) is 19.8 Å². The Hall–Kier alpha value is -3.29. The minimum Gasteiger partial charge on any atom is -0.459 e. The van der Waals surface area contributed by atoms with Gasteiger partial charge in [0.05, 0.1) is 23.6 Å². The molecule has 8 nitrogen and oxygen atoms in total. The minimum atomic E-state index is -0.177. The van der Waals surface area contributed by atoms with Crippen molar-refractivity contribution in [3.63, 3.8) is 0 Å². The highest BCUT2D eigenvalue weighted by Crippen LogP contribution is 2.17. The van der Waals surface area contributed by atoms with Gasteiger partial charge in [-0.25, -0.2) is 9.78 Å². The van der Waals surface area contributed by atoms with Crippen molar-refractivity contribution in [2.24, 2.45) is 0 Å². The zero-order chi connectivity index (χ0) is 17.2. The molecule has 2 aromatic heterocycles. The first-order valence-electron chi connectivity index (χ1n) is 8.02. The van der Waals surface area contributed by atoms with Crippen LogP contribution in [0.1, 0.15) is 10.6 Å². The van der Waals surface area contributed by atoms with Gasteiger partial charge in [-0.2, -0.15) is 0 Å². The Bertz CT molecular complexity index is 894. The van der Waals surface area contributed by atoms with E-state index in [-0.39, 0.29) is 11.9 Å². The Labute approximate surface area is 143 Å². The van der Waals surface area contributed by atoms with E-state index in [9.17, 15) is 9.59 Å². The van der Waals surface area contributed by atoms with Crippen molar-refractivity contribution in [2.45, 2.75) is 0 Å². The monoisotopic (exact) mass is 339 g/mol. The van der Waals surface area contributed by atoms with E-state index in [4.69, 9.17) is 4.42 Å². The fourth-order valence-electron chi connectivity index (χ4n) is 2.88. The van der Waals surface area contributed by atoms with Crippen LogP contribution in [0.4, 0.5) is 10.5 Å². The summed E-state index contributed by atoms with van der Waals surface area (Å²) in [5.74, 6) is 0.181. The molecule has 2 N–H and O–H groups in total. The van der Waals surface area contributed by atoms with E-state index in [1.54, 1.807) is 28.3 Å². The van der Waals surface area contributed by atoms with Crippen LogP contribution in [0, 0.1) is 0 Å². The van der Waals surface area contributed by atoms with Gasteiger partial charge in [0, 0.05) is 31.9 Å². The number of nitrogens with zero attached hydrogens (tertiary/aromatic N) is 3. The van der Waals surface area contributed by atoms with Crippen LogP contribution in [0.15, 0.2) is 47.3 Å². The first-order valence-corrected chi connectivity index (χ1v) is 8.02. The standard InChI is InChI=1S/C17H17N5O3/c23-16(15-2-1-9-25-15)21-5-7-22(8-6-21)17(24)20-12-3-4-13-14(10-12)19-11-18-13/h1-4,9-11H,5-8H2,(H,18,19)(H,20,24). The molecule has 8 heteroatoms. The van der Waals surface area contributed by atoms with E-state index in [0.717, 1.165) is 11.0 Å². The number of aromatic amines is 1. The predicted molar refractivity (Wildman–Crippen MR) is 91.3 cm³/mol. The molecular weight excluding hydrogens is 322 g/mol. The second-order valence-electron chi connectivity index (χ2n) is 5.82. The lowest BCUT2D eigenvalue weighted by Crippen LogP contribution is -2.51. The molecule has 25 heavy (non-hydrogen) atoms. The van der Waals surface area contributed by atoms with Crippen molar-refractivity contribution in [3.05, 3.63) is 48.7 Å². The van der Waals surface area contributed by atoms with Crippen LogP contribution < -0.4 is 5.32 Å². The van der Waals surface area contributed by atoms with Crippen LogP contribution in [0.5, 0.6) is 0 Å². The Balaban J connectivity index is 1.35. The van der Waals surface area contributed by atoms with Crippen molar-refractivity contribution < 1.29 is 14.0 Å². The molecule has 1 aromatic carbocycles. The van der Waals surface area contributed by atoms with E-state index in [1.807, 2.05) is 18.2 Å². The summed E-state index contributed by atoms with van der Waals surface area (Å²) in [6.07, 6.45) is 3.10. The number of benzene rings is 1.